The molecule has 32 heavy (non-hydrogen) atoms. The fraction of sp³-hybridized carbons (Fsp3) is 0.182. The highest BCUT2D eigenvalue weighted by atomic mass is 32.1. The predicted molar refractivity (Wildman–Crippen MR) is 115 cm³/mol. The summed E-state index contributed by atoms with van der Waals surface area (Å²) in [4.78, 5) is 17.7. The summed E-state index contributed by atoms with van der Waals surface area (Å²) in [5, 5.41) is 4.13. The minimum Gasteiger partial charge on any atom is -0.493 e. The topological polar surface area (TPSA) is 64.9 Å². The first-order valence-electron chi connectivity index (χ1n) is 9.44. The number of halogens is 3. The molecule has 0 atom stereocenters. The Morgan fingerprint density at radius 3 is 2.59 bits per heavy atom. The van der Waals surface area contributed by atoms with Gasteiger partial charge in [0.15, 0.2) is 16.5 Å². The van der Waals surface area contributed by atoms with Crippen LogP contribution in [0.15, 0.2) is 54.0 Å². The maximum Gasteiger partial charge on any atom is 0.418 e. The Hall–Kier alpha value is -3.53. The van der Waals surface area contributed by atoms with E-state index in [0.717, 1.165) is 11.6 Å². The van der Waals surface area contributed by atoms with E-state index in [4.69, 9.17) is 9.47 Å². The van der Waals surface area contributed by atoms with E-state index in [-0.39, 0.29) is 12.1 Å². The number of nitrogens with one attached hydrogen (secondary N) is 1. The molecule has 1 amide bonds. The molecule has 0 aliphatic carbocycles. The molecule has 10 heteroatoms. The van der Waals surface area contributed by atoms with Gasteiger partial charge in [0.25, 0.3) is 0 Å². The molecular weight excluding hydrogens is 443 g/mol. The van der Waals surface area contributed by atoms with Gasteiger partial charge in [0.05, 0.1) is 37.6 Å². The van der Waals surface area contributed by atoms with Gasteiger partial charge in [-0.3, -0.25) is 9.20 Å². The number of aromatic nitrogens is 2. The molecule has 0 aliphatic rings. The van der Waals surface area contributed by atoms with Crippen LogP contribution in [-0.4, -0.2) is 29.5 Å². The normalized spacial score (nSPS) is 11.5. The van der Waals surface area contributed by atoms with Gasteiger partial charge in [-0.2, -0.15) is 13.2 Å². The van der Waals surface area contributed by atoms with E-state index in [1.807, 2.05) is 6.07 Å². The molecular formula is C22H18F3N3O3S. The molecule has 0 saturated carbocycles. The fourth-order valence-electron chi connectivity index (χ4n) is 3.29. The van der Waals surface area contributed by atoms with Crippen LogP contribution in [0.25, 0.3) is 16.2 Å². The van der Waals surface area contributed by atoms with Gasteiger partial charge in [-0.05, 0) is 30.3 Å². The Morgan fingerprint density at radius 1 is 1.12 bits per heavy atom. The molecule has 4 rings (SSSR count). The zero-order chi connectivity index (χ0) is 22.9. The van der Waals surface area contributed by atoms with Crippen LogP contribution in [0.4, 0.5) is 18.9 Å². The Kier molecular flexibility index (Phi) is 5.79. The molecule has 0 aliphatic heterocycles. The van der Waals surface area contributed by atoms with E-state index in [1.165, 1.54) is 29.5 Å². The van der Waals surface area contributed by atoms with E-state index in [9.17, 15) is 18.0 Å². The number of benzene rings is 2. The predicted octanol–water partition coefficient (Wildman–Crippen LogP) is 5.28. The van der Waals surface area contributed by atoms with Gasteiger partial charge in [0.2, 0.25) is 5.91 Å². The number of thiazole rings is 1. The van der Waals surface area contributed by atoms with Gasteiger partial charge in [-0.15, -0.1) is 11.3 Å². The van der Waals surface area contributed by atoms with Crippen molar-refractivity contribution in [2.24, 2.45) is 0 Å². The lowest BCUT2D eigenvalue weighted by Gasteiger charge is -2.13. The second kappa shape index (κ2) is 8.54. The van der Waals surface area contributed by atoms with Crippen molar-refractivity contribution in [3.63, 3.8) is 0 Å². The molecule has 2 aromatic heterocycles. The van der Waals surface area contributed by atoms with Crippen molar-refractivity contribution in [2.75, 3.05) is 19.5 Å². The number of methoxy groups -OCH3 is 2. The summed E-state index contributed by atoms with van der Waals surface area (Å²) < 4.78 is 51.8. The van der Waals surface area contributed by atoms with E-state index in [2.05, 4.69) is 10.3 Å². The van der Waals surface area contributed by atoms with Gasteiger partial charge in [-0.1, -0.05) is 12.1 Å². The van der Waals surface area contributed by atoms with Crippen molar-refractivity contribution in [2.45, 2.75) is 12.6 Å². The third-order valence-corrected chi connectivity index (χ3v) is 5.70. The number of imidazole rings is 1. The highest BCUT2D eigenvalue weighted by Gasteiger charge is 2.33. The summed E-state index contributed by atoms with van der Waals surface area (Å²) in [6.45, 7) is 0. The highest BCUT2D eigenvalue weighted by Crippen LogP contribution is 2.35. The molecule has 2 aromatic carbocycles. The number of para-hydroxylation sites is 1. The third-order valence-electron chi connectivity index (χ3n) is 4.81. The minimum atomic E-state index is -4.56. The van der Waals surface area contributed by atoms with E-state index < -0.39 is 17.6 Å². The van der Waals surface area contributed by atoms with Crippen LogP contribution in [0.1, 0.15) is 11.3 Å². The number of carbonyl (C=O) groups excluding carboxylic acids is 1. The van der Waals surface area contributed by atoms with Crippen molar-refractivity contribution in [3.8, 4) is 22.8 Å². The van der Waals surface area contributed by atoms with Gasteiger partial charge in [-0.25, -0.2) is 4.98 Å². The smallest absolute Gasteiger partial charge is 0.418 e. The number of fused-ring (bicyclic) bond motifs is 1. The lowest BCUT2D eigenvalue weighted by atomic mass is 10.1. The lowest BCUT2D eigenvalue weighted by Crippen LogP contribution is -2.18. The largest absolute Gasteiger partial charge is 0.493 e. The van der Waals surface area contributed by atoms with Crippen LogP contribution in [-0.2, 0) is 17.4 Å². The second-order valence-corrected chi connectivity index (χ2v) is 7.68. The zero-order valence-electron chi connectivity index (χ0n) is 17.1. The molecule has 0 fully saturated rings. The molecule has 0 saturated heterocycles. The number of alkyl halides is 3. The number of hydrogen-bond acceptors (Lipinski definition) is 5. The van der Waals surface area contributed by atoms with Crippen molar-refractivity contribution in [1.29, 1.82) is 0 Å². The summed E-state index contributed by atoms with van der Waals surface area (Å²) in [5.41, 5.74) is 0.927. The Bertz CT molecular complexity index is 1280. The zero-order valence-corrected chi connectivity index (χ0v) is 17.9. The molecule has 0 bridgehead atoms. The van der Waals surface area contributed by atoms with Crippen LogP contribution in [0.3, 0.4) is 0 Å². The van der Waals surface area contributed by atoms with Crippen molar-refractivity contribution >= 4 is 27.9 Å². The van der Waals surface area contributed by atoms with Gasteiger partial charge < -0.3 is 14.8 Å². The standard InChI is InChI=1S/C22H18F3N3O3S/c1-30-18-8-7-13(9-19(18)31-2)17-11-28-14(12-32-21(28)27-17)10-20(29)26-16-6-4-3-5-15(16)22(23,24)25/h3-9,11-12H,10H2,1-2H3,(H,26,29). The number of nitrogens with zero attached hydrogens (tertiary/aromatic N) is 2. The summed E-state index contributed by atoms with van der Waals surface area (Å²) in [5.74, 6) is 0.598. The van der Waals surface area contributed by atoms with E-state index in [0.29, 0.717) is 27.8 Å². The molecule has 1 N–H and O–H groups in total. The monoisotopic (exact) mass is 461 g/mol. The molecule has 0 spiro atoms. The van der Waals surface area contributed by atoms with Crippen molar-refractivity contribution in [3.05, 3.63) is 65.3 Å². The van der Waals surface area contributed by atoms with Crippen LogP contribution in [0.2, 0.25) is 0 Å². The van der Waals surface area contributed by atoms with Gasteiger partial charge in [0, 0.05) is 22.8 Å². The highest BCUT2D eigenvalue weighted by molar-refractivity contribution is 7.15. The second-order valence-electron chi connectivity index (χ2n) is 6.84. The first-order chi connectivity index (χ1) is 15.3. The summed E-state index contributed by atoms with van der Waals surface area (Å²) >= 11 is 1.34. The molecule has 6 nitrogen and oxygen atoms in total. The summed E-state index contributed by atoms with van der Waals surface area (Å²) in [6.07, 6.45) is -2.88. The van der Waals surface area contributed by atoms with Crippen molar-refractivity contribution in [1.82, 2.24) is 9.38 Å². The minimum absolute atomic E-state index is 0.103. The van der Waals surface area contributed by atoms with Crippen LogP contribution in [0.5, 0.6) is 11.5 Å². The number of rotatable bonds is 6. The number of ether oxygens (including phenoxy) is 2. The van der Waals surface area contributed by atoms with Gasteiger partial charge >= 0.3 is 6.18 Å². The number of hydrogen-bond donors (Lipinski definition) is 1. The maximum absolute atomic E-state index is 13.2. The average molecular weight is 461 g/mol. The van der Waals surface area contributed by atoms with Crippen molar-refractivity contribution < 1.29 is 27.4 Å². The number of anilines is 1. The van der Waals surface area contributed by atoms with Crippen LogP contribution >= 0.6 is 11.3 Å². The van der Waals surface area contributed by atoms with Gasteiger partial charge in [0.1, 0.15) is 0 Å². The third kappa shape index (κ3) is 4.26. The lowest BCUT2D eigenvalue weighted by molar-refractivity contribution is -0.137. The maximum atomic E-state index is 13.2. The number of amides is 1. The first-order valence-corrected chi connectivity index (χ1v) is 10.3. The summed E-state index contributed by atoms with van der Waals surface area (Å²) in [7, 11) is 3.09. The SMILES string of the molecule is COc1ccc(-c2cn3c(CC(=O)Nc4ccccc4C(F)(F)F)csc3n2)cc1OC. The summed E-state index contributed by atoms with van der Waals surface area (Å²) in [6, 6.07) is 10.3. The van der Waals surface area contributed by atoms with Crippen LogP contribution in [0, 0.1) is 0 Å². The molecule has 2 heterocycles. The van der Waals surface area contributed by atoms with Crippen LogP contribution < -0.4 is 14.8 Å². The Balaban J connectivity index is 1.57. The number of carbonyl (C=O) groups is 1. The quantitative estimate of drug-likeness (QED) is 0.424. The van der Waals surface area contributed by atoms with E-state index >= 15 is 0 Å². The Morgan fingerprint density at radius 2 is 1.88 bits per heavy atom. The fourth-order valence-corrected chi connectivity index (χ4v) is 4.16. The molecule has 0 radical (unpaired) electrons. The molecule has 166 valence electrons. The first kappa shape index (κ1) is 21.7. The average Bonchev–Trinajstić information content (AvgIpc) is 3.35. The Labute approximate surface area is 185 Å². The molecule has 4 aromatic rings. The van der Waals surface area contributed by atoms with E-state index in [1.54, 1.807) is 42.3 Å². The molecule has 0 unspecified atom stereocenters.